The van der Waals surface area contributed by atoms with Gasteiger partial charge in [0, 0.05) is 48.7 Å². The molecule has 4 heterocycles. The number of fused-ring (bicyclic) bond motifs is 1. The zero-order valence-electron chi connectivity index (χ0n) is 15.1. The lowest BCUT2D eigenvalue weighted by atomic mass is 9.94. The number of amides is 1. The van der Waals surface area contributed by atoms with Crippen LogP contribution in [0.1, 0.15) is 46.2 Å². The van der Waals surface area contributed by atoms with E-state index in [9.17, 15) is 18.0 Å². The van der Waals surface area contributed by atoms with Crippen molar-refractivity contribution in [3.05, 3.63) is 59.3 Å². The molecule has 0 bridgehead atoms. The van der Waals surface area contributed by atoms with Gasteiger partial charge in [-0.05, 0) is 38.0 Å². The van der Waals surface area contributed by atoms with Crippen molar-refractivity contribution in [3.8, 4) is 0 Å². The fourth-order valence-corrected chi connectivity index (χ4v) is 3.60. The molecule has 0 radical (unpaired) electrons. The first kappa shape index (κ1) is 18.4. The number of hydrogen-bond acceptors (Lipinski definition) is 4. The lowest BCUT2D eigenvalue weighted by Crippen LogP contribution is -2.39. The number of likely N-dealkylation sites (tertiary alicyclic amines) is 1. The van der Waals surface area contributed by atoms with Gasteiger partial charge in [0.05, 0.1) is 5.69 Å². The zero-order chi connectivity index (χ0) is 19.9. The van der Waals surface area contributed by atoms with E-state index < -0.39 is 11.9 Å². The van der Waals surface area contributed by atoms with Gasteiger partial charge >= 0.3 is 6.18 Å². The summed E-state index contributed by atoms with van der Waals surface area (Å²) in [6.45, 7) is 2.54. The van der Waals surface area contributed by atoms with Crippen LogP contribution in [-0.4, -0.2) is 43.5 Å². The lowest BCUT2D eigenvalue weighted by Gasteiger charge is -2.32. The van der Waals surface area contributed by atoms with Gasteiger partial charge in [0.1, 0.15) is 5.69 Å². The van der Waals surface area contributed by atoms with E-state index in [1.54, 1.807) is 35.5 Å². The quantitative estimate of drug-likeness (QED) is 0.673. The average molecular weight is 389 g/mol. The topological polar surface area (TPSA) is 63.4 Å². The van der Waals surface area contributed by atoms with E-state index in [1.807, 2.05) is 0 Å². The Morgan fingerprint density at radius 1 is 1.21 bits per heavy atom. The molecule has 1 unspecified atom stereocenters. The average Bonchev–Trinajstić information content (AvgIpc) is 3.10. The van der Waals surface area contributed by atoms with Crippen LogP contribution in [0.5, 0.6) is 0 Å². The van der Waals surface area contributed by atoms with Crippen molar-refractivity contribution in [1.82, 2.24) is 24.5 Å². The summed E-state index contributed by atoms with van der Waals surface area (Å²) in [4.78, 5) is 22.5. The second-order valence-corrected chi connectivity index (χ2v) is 6.95. The Bertz CT molecular complexity index is 1020. The summed E-state index contributed by atoms with van der Waals surface area (Å²) in [5.41, 5.74) is 0.671. The number of aryl methyl sites for hydroxylation is 1. The maximum atomic E-state index is 13.4. The molecule has 9 heteroatoms. The first-order valence-electron chi connectivity index (χ1n) is 8.97. The van der Waals surface area contributed by atoms with Crippen molar-refractivity contribution in [2.24, 2.45) is 0 Å². The van der Waals surface area contributed by atoms with Gasteiger partial charge in [-0.3, -0.25) is 9.78 Å². The summed E-state index contributed by atoms with van der Waals surface area (Å²) >= 11 is 0. The molecule has 3 aromatic heterocycles. The Labute approximate surface area is 159 Å². The van der Waals surface area contributed by atoms with Crippen LogP contribution >= 0.6 is 0 Å². The molecule has 0 saturated carbocycles. The Hall–Kier alpha value is -2.97. The molecule has 0 spiro atoms. The van der Waals surface area contributed by atoms with Crippen molar-refractivity contribution >= 4 is 11.6 Å². The third-order valence-electron chi connectivity index (χ3n) is 4.92. The van der Waals surface area contributed by atoms with E-state index in [-0.39, 0.29) is 23.2 Å². The van der Waals surface area contributed by atoms with E-state index >= 15 is 0 Å². The summed E-state index contributed by atoms with van der Waals surface area (Å²) in [5, 5.41) is 4.20. The first-order chi connectivity index (χ1) is 13.3. The molecule has 4 rings (SSSR count). The van der Waals surface area contributed by atoms with Gasteiger partial charge in [-0.2, -0.15) is 18.3 Å². The number of rotatable bonds is 2. The molecule has 0 aliphatic carbocycles. The maximum absolute atomic E-state index is 13.4. The van der Waals surface area contributed by atoms with Crippen LogP contribution in [0.25, 0.3) is 5.65 Å². The SMILES string of the molecule is Cc1cc(C(F)(F)F)n2nc(C3CCCN(C(=O)c4ccncc4)C3)cc2n1. The highest BCUT2D eigenvalue weighted by Crippen LogP contribution is 2.32. The van der Waals surface area contributed by atoms with Gasteiger partial charge in [-0.15, -0.1) is 0 Å². The van der Waals surface area contributed by atoms with Crippen LogP contribution in [0, 0.1) is 6.92 Å². The molecule has 146 valence electrons. The van der Waals surface area contributed by atoms with Crippen LogP contribution in [0.2, 0.25) is 0 Å². The van der Waals surface area contributed by atoms with Crippen molar-refractivity contribution in [2.75, 3.05) is 13.1 Å². The Kier molecular flexibility index (Phi) is 4.52. The minimum Gasteiger partial charge on any atom is -0.338 e. The van der Waals surface area contributed by atoms with Gasteiger partial charge in [0.2, 0.25) is 0 Å². The Balaban J connectivity index is 1.64. The van der Waals surface area contributed by atoms with Crippen molar-refractivity contribution in [2.45, 2.75) is 31.9 Å². The molecule has 6 nitrogen and oxygen atoms in total. The van der Waals surface area contributed by atoms with Crippen molar-refractivity contribution in [3.63, 3.8) is 0 Å². The number of aromatic nitrogens is 4. The summed E-state index contributed by atoms with van der Waals surface area (Å²) in [7, 11) is 0. The van der Waals surface area contributed by atoms with Crippen LogP contribution < -0.4 is 0 Å². The predicted octanol–water partition coefficient (Wildman–Crippen LogP) is 3.47. The third kappa shape index (κ3) is 3.44. The number of nitrogens with zero attached hydrogens (tertiary/aromatic N) is 5. The minimum atomic E-state index is -4.52. The highest BCUT2D eigenvalue weighted by molar-refractivity contribution is 5.94. The number of carbonyl (C=O) groups is 1. The number of alkyl halides is 3. The molecule has 1 aliphatic rings. The summed E-state index contributed by atoms with van der Waals surface area (Å²) in [5.74, 6) is -0.247. The fraction of sp³-hybridized carbons (Fsp3) is 0.368. The number of pyridine rings is 1. The fourth-order valence-electron chi connectivity index (χ4n) is 3.60. The molecule has 3 aromatic rings. The van der Waals surface area contributed by atoms with Crippen LogP contribution in [0.4, 0.5) is 13.2 Å². The summed E-state index contributed by atoms with van der Waals surface area (Å²) in [6.07, 6.45) is 0.107. The summed E-state index contributed by atoms with van der Waals surface area (Å²) < 4.78 is 40.9. The van der Waals surface area contributed by atoms with E-state index in [0.717, 1.165) is 23.4 Å². The molecule has 1 amide bonds. The Morgan fingerprint density at radius 3 is 2.68 bits per heavy atom. The minimum absolute atomic E-state index is 0.110. The standard InChI is InChI=1S/C19H18F3N5O/c1-12-9-16(19(20,21)22)27-17(24-12)10-15(25-27)14-3-2-8-26(11-14)18(28)13-4-6-23-7-5-13/h4-7,9-10,14H,2-3,8,11H2,1H3. The molecule has 0 aromatic carbocycles. The highest BCUT2D eigenvalue weighted by Gasteiger charge is 2.35. The molecule has 1 aliphatic heterocycles. The zero-order valence-corrected chi connectivity index (χ0v) is 15.1. The largest absolute Gasteiger partial charge is 0.433 e. The number of piperidine rings is 1. The molecular weight excluding hydrogens is 371 g/mol. The second kappa shape index (κ2) is 6.88. The predicted molar refractivity (Wildman–Crippen MR) is 94.8 cm³/mol. The van der Waals surface area contributed by atoms with Crippen LogP contribution in [0.3, 0.4) is 0 Å². The van der Waals surface area contributed by atoms with E-state index in [4.69, 9.17) is 0 Å². The normalized spacial score (nSPS) is 17.9. The summed E-state index contributed by atoms with van der Waals surface area (Å²) in [6, 6.07) is 5.88. The molecule has 1 fully saturated rings. The Morgan fingerprint density at radius 2 is 1.96 bits per heavy atom. The molecule has 1 atom stereocenters. The van der Waals surface area contributed by atoms with E-state index in [0.29, 0.717) is 24.3 Å². The van der Waals surface area contributed by atoms with Gasteiger partial charge in [0.15, 0.2) is 5.65 Å². The van der Waals surface area contributed by atoms with Gasteiger partial charge < -0.3 is 4.90 Å². The molecule has 28 heavy (non-hydrogen) atoms. The number of halogens is 3. The molecular formula is C19H18F3N5O. The third-order valence-corrected chi connectivity index (χ3v) is 4.92. The van der Waals surface area contributed by atoms with Crippen LogP contribution in [0.15, 0.2) is 36.7 Å². The maximum Gasteiger partial charge on any atom is 0.433 e. The smallest absolute Gasteiger partial charge is 0.338 e. The van der Waals surface area contributed by atoms with Crippen LogP contribution in [-0.2, 0) is 6.18 Å². The lowest BCUT2D eigenvalue weighted by molar-refractivity contribution is -0.142. The van der Waals surface area contributed by atoms with Gasteiger partial charge in [-0.25, -0.2) is 9.50 Å². The molecule has 0 N–H and O–H groups in total. The van der Waals surface area contributed by atoms with Gasteiger partial charge in [0.25, 0.3) is 5.91 Å². The van der Waals surface area contributed by atoms with Crippen molar-refractivity contribution < 1.29 is 18.0 Å². The second-order valence-electron chi connectivity index (χ2n) is 6.95. The number of carbonyl (C=O) groups excluding carboxylic acids is 1. The monoisotopic (exact) mass is 389 g/mol. The van der Waals surface area contributed by atoms with E-state index in [1.165, 1.54) is 6.92 Å². The highest BCUT2D eigenvalue weighted by atomic mass is 19.4. The number of hydrogen-bond donors (Lipinski definition) is 0. The van der Waals surface area contributed by atoms with Gasteiger partial charge in [-0.1, -0.05) is 0 Å². The van der Waals surface area contributed by atoms with E-state index in [2.05, 4.69) is 15.1 Å². The molecule has 1 saturated heterocycles. The first-order valence-corrected chi connectivity index (χ1v) is 8.97. The van der Waals surface area contributed by atoms with Crippen molar-refractivity contribution in [1.29, 1.82) is 0 Å².